The van der Waals surface area contributed by atoms with Crippen molar-refractivity contribution in [2.24, 2.45) is 16.3 Å². The maximum Gasteiger partial charge on any atom is 0.410 e. The zero-order chi connectivity index (χ0) is 21.3. The molecule has 2 rings (SSSR count). The van der Waals surface area contributed by atoms with E-state index in [1.807, 2.05) is 20.8 Å². The summed E-state index contributed by atoms with van der Waals surface area (Å²) in [5.41, 5.74) is -0.500. The number of aliphatic hydroxyl groups excluding tert-OH is 1. The van der Waals surface area contributed by atoms with Gasteiger partial charge in [-0.2, -0.15) is 0 Å². The number of amides is 1. The van der Waals surface area contributed by atoms with Crippen LogP contribution in [0.25, 0.3) is 0 Å². The van der Waals surface area contributed by atoms with Crippen molar-refractivity contribution in [3.05, 3.63) is 0 Å². The van der Waals surface area contributed by atoms with Gasteiger partial charge >= 0.3 is 6.09 Å². The number of carbonyl (C=O) groups excluding carboxylic acids is 1. The number of carbonyl (C=O) groups is 1. The number of hydrogen-bond donors (Lipinski definition) is 3. The van der Waals surface area contributed by atoms with Gasteiger partial charge in [0.25, 0.3) is 0 Å². The third kappa shape index (κ3) is 9.13. The number of nitrogens with one attached hydrogen (secondary N) is 2. The highest BCUT2D eigenvalue weighted by Crippen LogP contribution is 2.32. The number of rotatable bonds is 7. The molecular weight excluding hydrogens is 499 g/mol. The predicted octanol–water partition coefficient (Wildman–Crippen LogP) is 2.60. The van der Waals surface area contributed by atoms with Crippen molar-refractivity contribution in [1.29, 1.82) is 0 Å². The Labute approximate surface area is 198 Å². The van der Waals surface area contributed by atoms with Gasteiger partial charge in [0.05, 0.1) is 13.2 Å². The first-order valence-electron chi connectivity index (χ1n) is 11.0. The second-order valence-electron chi connectivity index (χ2n) is 9.26. The summed E-state index contributed by atoms with van der Waals surface area (Å²) in [5, 5.41) is 16.2. The molecule has 1 atom stereocenters. The zero-order valence-electron chi connectivity index (χ0n) is 19.0. The van der Waals surface area contributed by atoms with E-state index in [0.717, 1.165) is 64.4 Å². The summed E-state index contributed by atoms with van der Waals surface area (Å²) >= 11 is 0. The van der Waals surface area contributed by atoms with Crippen LogP contribution >= 0.6 is 24.0 Å². The molecule has 0 bridgehead atoms. The number of aliphatic hydroxyl groups is 1. The normalized spacial score (nSPS) is 23.1. The van der Waals surface area contributed by atoms with E-state index in [1.165, 1.54) is 0 Å². The quantitative estimate of drug-likeness (QED) is 0.261. The number of nitrogens with zero attached hydrogens (tertiary/aromatic N) is 2. The van der Waals surface area contributed by atoms with Crippen molar-refractivity contribution in [3.63, 3.8) is 0 Å². The Morgan fingerprint density at radius 2 is 2.00 bits per heavy atom. The van der Waals surface area contributed by atoms with Crippen molar-refractivity contribution in [3.8, 4) is 0 Å². The average Bonchev–Trinajstić information content (AvgIpc) is 3.12. The summed E-state index contributed by atoms with van der Waals surface area (Å²) in [5.74, 6) is 1.31. The summed E-state index contributed by atoms with van der Waals surface area (Å²) in [6, 6.07) is 0. The fraction of sp³-hybridized carbons (Fsp3) is 0.905. The number of aliphatic imine (C=N–C) groups is 1. The molecule has 1 amide bonds. The molecule has 1 unspecified atom stereocenters. The van der Waals surface area contributed by atoms with Gasteiger partial charge in [-0.3, -0.25) is 4.99 Å². The number of hydrogen-bond acceptors (Lipinski definition) is 5. The van der Waals surface area contributed by atoms with E-state index in [9.17, 15) is 9.90 Å². The Hall–Kier alpha value is -0.810. The molecule has 0 saturated carbocycles. The van der Waals surface area contributed by atoms with E-state index in [-0.39, 0.29) is 42.1 Å². The molecule has 2 fully saturated rings. The average molecular weight is 540 g/mol. The topological polar surface area (TPSA) is 95.4 Å². The van der Waals surface area contributed by atoms with E-state index < -0.39 is 5.60 Å². The van der Waals surface area contributed by atoms with E-state index in [0.29, 0.717) is 19.1 Å². The largest absolute Gasteiger partial charge is 0.444 e. The lowest BCUT2D eigenvalue weighted by Gasteiger charge is -2.33. The number of halogens is 1. The molecule has 0 aliphatic carbocycles. The molecule has 9 heteroatoms. The minimum Gasteiger partial charge on any atom is -0.444 e. The molecule has 3 N–H and O–H groups in total. The van der Waals surface area contributed by atoms with Crippen molar-refractivity contribution in [2.75, 3.05) is 52.5 Å². The number of guanidine groups is 1. The first kappa shape index (κ1) is 27.2. The fourth-order valence-electron chi connectivity index (χ4n) is 3.76. The van der Waals surface area contributed by atoms with E-state index in [2.05, 4.69) is 17.6 Å². The summed E-state index contributed by atoms with van der Waals surface area (Å²) < 4.78 is 11.0. The lowest BCUT2D eigenvalue weighted by molar-refractivity contribution is 0.0185. The number of ether oxygens (including phenoxy) is 2. The Balaban J connectivity index is 0.00000450. The van der Waals surface area contributed by atoms with E-state index in [1.54, 1.807) is 4.90 Å². The molecule has 0 aromatic carbocycles. The third-order valence-corrected chi connectivity index (χ3v) is 5.57. The molecule has 30 heavy (non-hydrogen) atoms. The standard InChI is InChI=1S/C21H40N4O4.HI/c1-5-22-18(24-15-21(8-12-26)9-13-28-16-21)23-14-17-6-10-25(11-7-17)19(27)29-20(2,3)4;/h17,26H,5-16H2,1-4H3,(H2,22,23,24);1H. The number of piperidine rings is 1. The van der Waals surface area contributed by atoms with Crippen LogP contribution < -0.4 is 10.6 Å². The fourth-order valence-corrected chi connectivity index (χ4v) is 3.76. The highest BCUT2D eigenvalue weighted by Gasteiger charge is 2.34. The van der Waals surface area contributed by atoms with Crippen LogP contribution in [0, 0.1) is 11.3 Å². The van der Waals surface area contributed by atoms with E-state index in [4.69, 9.17) is 14.5 Å². The molecule has 0 aromatic rings. The molecule has 2 aliphatic rings. The van der Waals surface area contributed by atoms with Gasteiger partial charge in [0.2, 0.25) is 0 Å². The van der Waals surface area contributed by atoms with E-state index >= 15 is 0 Å². The molecule has 2 heterocycles. The van der Waals surface area contributed by atoms with Crippen molar-refractivity contribution < 1.29 is 19.4 Å². The second-order valence-corrected chi connectivity index (χ2v) is 9.26. The van der Waals surface area contributed by atoms with Crippen molar-refractivity contribution in [2.45, 2.75) is 59.0 Å². The van der Waals surface area contributed by atoms with Crippen LogP contribution in [0.15, 0.2) is 4.99 Å². The molecule has 0 spiro atoms. The van der Waals surface area contributed by atoms with Gasteiger partial charge in [-0.05, 0) is 59.3 Å². The van der Waals surface area contributed by atoms with Gasteiger partial charge in [0, 0.05) is 44.8 Å². The Morgan fingerprint density at radius 3 is 2.53 bits per heavy atom. The summed E-state index contributed by atoms with van der Waals surface area (Å²) in [7, 11) is 0. The molecule has 2 aliphatic heterocycles. The Kier molecular flexibility index (Phi) is 11.7. The maximum absolute atomic E-state index is 12.2. The number of likely N-dealkylation sites (tertiary alicyclic amines) is 1. The Bertz CT molecular complexity index is 540. The smallest absolute Gasteiger partial charge is 0.410 e. The van der Waals surface area contributed by atoms with Crippen LogP contribution in [0.2, 0.25) is 0 Å². The third-order valence-electron chi connectivity index (χ3n) is 5.57. The minimum atomic E-state index is -0.454. The van der Waals surface area contributed by atoms with Gasteiger partial charge in [-0.25, -0.2) is 4.79 Å². The van der Waals surface area contributed by atoms with Gasteiger partial charge in [-0.15, -0.1) is 24.0 Å². The summed E-state index contributed by atoms with van der Waals surface area (Å²) in [6.07, 6.45) is 3.35. The van der Waals surface area contributed by atoms with Crippen molar-refractivity contribution in [1.82, 2.24) is 15.5 Å². The highest BCUT2D eigenvalue weighted by atomic mass is 127. The SMILES string of the molecule is CCNC(=NCC1(CCO)CCOC1)NCC1CCN(C(=O)OC(C)(C)C)CC1.I. The lowest BCUT2D eigenvalue weighted by Crippen LogP contribution is -2.45. The monoisotopic (exact) mass is 540 g/mol. The zero-order valence-corrected chi connectivity index (χ0v) is 21.4. The van der Waals surface area contributed by atoms with Crippen LogP contribution in [0.4, 0.5) is 4.79 Å². The van der Waals surface area contributed by atoms with Crippen LogP contribution in [-0.2, 0) is 9.47 Å². The Morgan fingerprint density at radius 1 is 1.30 bits per heavy atom. The maximum atomic E-state index is 12.2. The van der Waals surface area contributed by atoms with Crippen LogP contribution in [0.5, 0.6) is 0 Å². The van der Waals surface area contributed by atoms with Gasteiger partial charge in [0.1, 0.15) is 5.60 Å². The molecule has 8 nitrogen and oxygen atoms in total. The molecular formula is C21H41IN4O4. The molecule has 176 valence electrons. The minimum absolute atomic E-state index is 0. The van der Waals surface area contributed by atoms with Crippen molar-refractivity contribution >= 4 is 36.0 Å². The highest BCUT2D eigenvalue weighted by molar-refractivity contribution is 14.0. The summed E-state index contributed by atoms with van der Waals surface area (Å²) in [6.45, 7) is 13.1. The molecule has 0 radical (unpaired) electrons. The first-order valence-corrected chi connectivity index (χ1v) is 11.0. The van der Waals surface area contributed by atoms with Crippen LogP contribution in [0.3, 0.4) is 0 Å². The first-order chi connectivity index (χ1) is 13.8. The molecule has 2 saturated heterocycles. The van der Waals surface area contributed by atoms with Crippen LogP contribution in [-0.4, -0.2) is 80.2 Å². The van der Waals surface area contributed by atoms with Gasteiger partial charge < -0.3 is 30.1 Å². The van der Waals surface area contributed by atoms with Crippen LogP contribution in [0.1, 0.15) is 53.4 Å². The predicted molar refractivity (Wildman–Crippen MR) is 129 cm³/mol. The van der Waals surface area contributed by atoms with Gasteiger partial charge in [0.15, 0.2) is 5.96 Å². The summed E-state index contributed by atoms with van der Waals surface area (Å²) in [4.78, 5) is 18.8. The van der Waals surface area contributed by atoms with Gasteiger partial charge in [-0.1, -0.05) is 0 Å². The molecule has 0 aromatic heterocycles. The lowest BCUT2D eigenvalue weighted by atomic mass is 9.84. The second kappa shape index (κ2) is 12.9.